The van der Waals surface area contributed by atoms with Crippen LogP contribution in [0.1, 0.15) is 38.1 Å². The number of pyridine rings is 1. The molecule has 2 aromatic rings. The first-order valence-electron chi connectivity index (χ1n) is 11.5. The van der Waals surface area contributed by atoms with Crippen LogP contribution in [0.4, 0.5) is 9.18 Å². The number of aliphatic hydroxyl groups excluding tert-OH is 1. The third-order valence-corrected chi connectivity index (χ3v) is 5.92. The Balaban J connectivity index is 2.00. The number of urea groups is 1. The van der Waals surface area contributed by atoms with Crippen LogP contribution >= 0.6 is 0 Å². The first kappa shape index (κ1) is 25.4. The molecule has 0 bridgehead atoms. The molecule has 184 valence electrons. The van der Waals surface area contributed by atoms with E-state index >= 15 is 0 Å². The summed E-state index contributed by atoms with van der Waals surface area (Å²) in [6.45, 7) is 7.83. The maximum Gasteiger partial charge on any atom is 0.317 e. The topological polar surface area (TPSA) is 95.0 Å². The van der Waals surface area contributed by atoms with Crippen LogP contribution in [0.2, 0.25) is 0 Å². The Morgan fingerprint density at radius 2 is 2.03 bits per heavy atom. The molecule has 1 aromatic heterocycles. The maximum absolute atomic E-state index is 14.4. The fourth-order valence-electron chi connectivity index (χ4n) is 3.87. The van der Waals surface area contributed by atoms with Crippen molar-refractivity contribution >= 4 is 11.9 Å². The normalized spacial score (nSPS) is 19.1. The maximum atomic E-state index is 14.4. The van der Waals surface area contributed by atoms with Gasteiger partial charge in [-0.15, -0.1) is 0 Å². The quantitative estimate of drug-likeness (QED) is 0.674. The fraction of sp³-hybridized carbons (Fsp3) is 0.480. The Morgan fingerprint density at radius 1 is 1.32 bits per heavy atom. The number of nitrogens with zero attached hydrogens (tertiary/aromatic N) is 3. The second-order valence-corrected chi connectivity index (χ2v) is 9.16. The number of ether oxygens (including phenoxy) is 1. The van der Waals surface area contributed by atoms with Crippen molar-refractivity contribution in [2.75, 3.05) is 26.7 Å². The van der Waals surface area contributed by atoms with E-state index in [0.717, 1.165) is 0 Å². The Kier molecular flexibility index (Phi) is 8.09. The smallest absolute Gasteiger partial charge is 0.317 e. The van der Waals surface area contributed by atoms with Gasteiger partial charge in [0.25, 0.3) is 5.91 Å². The molecule has 3 atom stereocenters. The summed E-state index contributed by atoms with van der Waals surface area (Å²) in [7, 11) is 1.68. The highest BCUT2D eigenvalue weighted by Gasteiger charge is 2.35. The Morgan fingerprint density at radius 3 is 2.68 bits per heavy atom. The zero-order valence-corrected chi connectivity index (χ0v) is 20.3. The lowest BCUT2D eigenvalue weighted by Gasteiger charge is -2.37. The molecule has 1 aliphatic rings. The number of carbonyl (C=O) groups excluding carboxylic acids is 2. The van der Waals surface area contributed by atoms with Crippen molar-refractivity contribution in [3.63, 3.8) is 0 Å². The molecule has 2 N–H and O–H groups in total. The van der Waals surface area contributed by atoms with Crippen LogP contribution in [0.5, 0.6) is 5.88 Å². The number of fused-ring (bicyclic) bond motifs is 1. The molecule has 0 aliphatic carbocycles. The van der Waals surface area contributed by atoms with Crippen molar-refractivity contribution in [1.82, 2.24) is 20.1 Å². The minimum Gasteiger partial charge on any atom is -0.472 e. The highest BCUT2D eigenvalue weighted by atomic mass is 19.1. The molecule has 34 heavy (non-hydrogen) atoms. The van der Waals surface area contributed by atoms with Crippen molar-refractivity contribution in [3.05, 3.63) is 47.9 Å². The predicted octanol–water partition coefficient (Wildman–Crippen LogP) is 3.16. The van der Waals surface area contributed by atoms with Crippen molar-refractivity contribution in [1.29, 1.82) is 0 Å². The Hall–Kier alpha value is -3.20. The van der Waals surface area contributed by atoms with E-state index in [9.17, 15) is 19.1 Å². The third-order valence-electron chi connectivity index (χ3n) is 5.92. The molecule has 1 aromatic carbocycles. The number of aromatic nitrogens is 1. The molecule has 0 saturated heterocycles. The van der Waals surface area contributed by atoms with Crippen molar-refractivity contribution in [2.45, 2.75) is 45.9 Å². The van der Waals surface area contributed by atoms with Crippen LogP contribution < -0.4 is 10.1 Å². The van der Waals surface area contributed by atoms with E-state index in [1.165, 1.54) is 17.2 Å². The lowest BCUT2D eigenvalue weighted by molar-refractivity contribution is 0.0352. The zero-order valence-electron chi connectivity index (χ0n) is 20.3. The van der Waals surface area contributed by atoms with E-state index in [1.807, 2.05) is 20.8 Å². The van der Waals surface area contributed by atoms with Gasteiger partial charge in [-0.1, -0.05) is 25.1 Å². The van der Waals surface area contributed by atoms with Crippen LogP contribution in [0.3, 0.4) is 0 Å². The first-order valence-corrected chi connectivity index (χ1v) is 11.5. The van der Waals surface area contributed by atoms with Crippen LogP contribution in [-0.4, -0.2) is 76.8 Å². The molecular weight excluding hydrogens is 439 g/mol. The van der Waals surface area contributed by atoms with E-state index in [2.05, 4.69) is 10.3 Å². The number of aliphatic hydroxyl groups is 1. The number of carbonyl (C=O) groups is 2. The highest BCUT2D eigenvalue weighted by molar-refractivity contribution is 5.98. The Bertz CT molecular complexity index is 1030. The summed E-state index contributed by atoms with van der Waals surface area (Å²) in [4.78, 5) is 33.4. The van der Waals surface area contributed by atoms with Gasteiger partial charge in [-0.25, -0.2) is 14.2 Å². The molecule has 3 rings (SSSR count). The van der Waals surface area contributed by atoms with Gasteiger partial charge >= 0.3 is 6.03 Å². The molecule has 0 radical (unpaired) electrons. The van der Waals surface area contributed by atoms with Gasteiger partial charge in [-0.2, -0.15) is 0 Å². The number of hydrogen-bond acceptors (Lipinski definition) is 5. The number of hydrogen-bond donors (Lipinski definition) is 2. The number of benzene rings is 1. The van der Waals surface area contributed by atoms with E-state index in [0.29, 0.717) is 17.7 Å². The van der Waals surface area contributed by atoms with E-state index < -0.39 is 18.0 Å². The van der Waals surface area contributed by atoms with Gasteiger partial charge < -0.3 is 25.0 Å². The molecule has 2 heterocycles. The van der Waals surface area contributed by atoms with E-state index in [4.69, 9.17) is 4.74 Å². The van der Waals surface area contributed by atoms with Crippen molar-refractivity contribution in [3.8, 4) is 17.0 Å². The summed E-state index contributed by atoms with van der Waals surface area (Å²) in [5.74, 6) is -0.810. The molecule has 0 fully saturated rings. The summed E-state index contributed by atoms with van der Waals surface area (Å²) < 4.78 is 20.6. The molecule has 8 nitrogen and oxygen atoms in total. The van der Waals surface area contributed by atoms with Crippen LogP contribution in [-0.2, 0) is 0 Å². The fourth-order valence-corrected chi connectivity index (χ4v) is 3.87. The highest BCUT2D eigenvalue weighted by Crippen LogP contribution is 2.31. The number of nitrogens with one attached hydrogen (secondary N) is 1. The summed E-state index contributed by atoms with van der Waals surface area (Å²) in [5, 5.41) is 12.6. The predicted molar refractivity (Wildman–Crippen MR) is 127 cm³/mol. The van der Waals surface area contributed by atoms with Gasteiger partial charge in [0.1, 0.15) is 17.5 Å². The van der Waals surface area contributed by atoms with Crippen molar-refractivity contribution in [2.24, 2.45) is 5.92 Å². The second-order valence-electron chi connectivity index (χ2n) is 9.16. The van der Waals surface area contributed by atoms with Gasteiger partial charge in [0, 0.05) is 42.9 Å². The van der Waals surface area contributed by atoms with Gasteiger partial charge in [-0.05, 0) is 32.9 Å². The standard InChI is InChI=1S/C25H33FN4O4/c1-15(2)28-25(33)29(5)13-22-16(3)12-30(17(4)14-31)24(32)20-10-18(11-27-23(20)34-22)19-8-6-7-9-21(19)26/h6-11,15-17,22,31H,12-14H2,1-5H3,(H,28,33)/t16-,17+,22+/m0/s1. The molecule has 1 aliphatic heterocycles. The molecule has 0 spiro atoms. The third kappa shape index (κ3) is 5.64. The first-order chi connectivity index (χ1) is 16.1. The summed E-state index contributed by atoms with van der Waals surface area (Å²) in [5.41, 5.74) is 0.959. The number of amides is 3. The van der Waals surface area contributed by atoms with Crippen LogP contribution in [0.25, 0.3) is 11.1 Å². The summed E-state index contributed by atoms with van der Waals surface area (Å²) in [6.07, 6.45) is 1.01. The lowest BCUT2D eigenvalue weighted by Crippen LogP contribution is -2.51. The average molecular weight is 473 g/mol. The molecule has 9 heteroatoms. The van der Waals surface area contributed by atoms with E-state index in [-0.39, 0.29) is 48.5 Å². The van der Waals surface area contributed by atoms with Gasteiger partial charge in [0.2, 0.25) is 5.88 Å². The van der Waals surface area contributed by atoms with Crippen LogP contribution in [0.15, 0.2) is 36.5 Å². The summed E-state index contributed by atoms with van der Waals surface area (Å²) >= 11 is 0. The van der Waals surface area contributed by atoms with E-state index in [1.54, 1.807) is 43.1 Å². The minimum atomic E-state index is -0.463. The number of halogens is 1. The molecule has 3 amide bonds. The second kappa shape index (κ2) is 10.8. The monoisotopic (exact) mass is 472 g/mol. The average Bonchev–Trinajstić information content (AvgIpc) is 2.80. The van der Waals surface area contributed by atoms with Crippen molar-refractivity contribution < 1.29 is 23.8 Å². The van der Waals surface area contributed by atoms with Crippen LogP contribution in [0, 0.1) is 11.7 Å². The molecule has 0 saturated carbocycles. The van der Waals surface area contributed by atoms with Gasteiger partial charge in [-0.3, -0.25) is 4.79 Å². The largest absolute Gasteiger partial charge is 0.472 e. The lowest BCUT2D eigenvalue weighted by atomic mass is 9.99. The number of rotatable bonds is 6. The zero-order chi connectivity index (χ0) is 25.0. The van der Waals surface area contributed by atoms with Gasteiger partial charge in [0.15, 0.2) is 0 Å². The molecular formula is C25H33FN4O4. The summed E-state index contributed by atoms with van der Waals surface area (Å²) in [6, 6.07) is 7.16. The molecule has 0 unspecified atom stereocenters. The van der Waals surface area contributed by atoms with Gasteiger partial charge in [0.05, 0.1) is 19.2 Å². The Labute approximate surface area is 199 Å². The SMILES string of the molecule is CC(C)NC(=O)N(C)C[C@H]1Oc2ncc(-c3ccccc3F)cc2C(=O)N([C@H](C)CO)C[C@@H]1C. The minimum absolute atomic E-state index is 0.0108. The number of likely N-dealkylation sites (N-methyl/N-ethyl adjacent to an activating group) is 1.